The lowest BCUT2D eigenvalue weighted by atomic mass is 9.80. The predicted molar refractivity (Wildman–Crippen MR) is 87.9 cm³/mol. The van der Waals surface area contributed by atoms with Gasteiger partial charge in [-0.1, -0.05) is 0 Å². The Bertz CT molecular complexity index is 1360. The van der Waals surface area contributed by atoms with Gasteiger partial charge < -0.3 is 0 Å². The molecule has 53 heavy (non-hydrogen) atoms. The van der Waals surface area contributed by atoms with Crippen LogP contribution in [0.15, 0.2) is 0 Å². The lowest BCUT2D eigenvalue weighted by Crippen LogP contribution is -2.81. The van der Waals surface area contributed by atoms with Crippen LogP contribution < -0.4 is 0 Å². The van der Waals surface area contributed by atoms with E-state index in [1.54, 1.807) is 0 Å². The van der Waals surface area contributed by atoms with Gasteiger partial charge >= 0.3 is 106 Å². The van der Waals surface area contributed by atoms with E-state index < -0.39 is 106 Å². The van der Waals surface area contributed by atoms with Crippen LogP contribution >= 0.6 is 0 Å². The van der Waals surface area contributed by atoms with E-state index in [4.69, 9.17) is 0 Å². The molecule has 0 heterocycles. The van der Waals surface area contributed by atoms with E-state index >= 15 is 17.6 Å². The molecular weight excluding hydrogens is 878 g/mol. The van der Waals surface area contributed by atoms with Crippen LogP contribution in [-0.2, 0) is 4.74 Å². The normalized spacial score (nSPS) is 34.8. The van der Waals surface area contributed by atoms with E-state index in [0.717, 1.165) is 4.74 Å². The van der Waals surface area contributed by atoms with Crippen molar-refractivity contribution in [3.8, 4) is 0 Å². The van der Waals surface area contributed by atoms with Gasteiger partial charge in [0.1, 0.15) is 0 Å². The SMILES string of the molecule is FC(F)(F)C(F)(F)C(F)(F)C(F)(F)C1(F)C(F)(F)C(F)(F)C(F)(F)C1(F)OC1(F)C(F)(F)C(F)(F)C(F)(F)C1(F)C(F)(F)C(F)(F)C(F)(F)C(F)(F)F. The summed E-state index contributed by atoms with van der Waals surface area (Å²) in [6, 6.07) is 0. The van der Waals surface area contributed by atoms with Crippen LogP contribution in [0.1, 0.15) is 0 Å². The summed E-state index contributed by atoms with van der Waals surface area (Å²) in [7, 11) is 0. The number of alkyl halides is 34. The summed E-state index contributed by atoms with van der Waals surface area (Å²) in [5, 5.41) is 0. The fourth-order valence-electron chi connectivity index (χ4n) is 4.51. The predicted octanol–water partition coefficient (Wildman–Crippen LogP) is 10.5. The lowest BCUT2D eigenvalue weighted by molar-refractivity contribution is -0.495. The van der Waals surface area contributed by atoms with Crippen molar-refractivity contribution in [1.29, 1.82) is 0 Å². The summed E-state index contributed by atoms with van der Waals surface area (Å²) < 4.78 is 472. The van der Waals surface area contributed by atoms with Crippen molar-refractivity contribution in [3.05, 3.63) is 0 Å². The van der Waals surface area contributed by atoms with E-state index in [2.05, 4.69) is 0 Å². The Kier molecular flexibility index (Phi) is 9.08. The minimum Gasteiger partial charge on any atom is -0.292 e. The van der Waals surface area contributed by atoms with Gasteiger partial charge in [-0.05, 0) is 0 Å². The second-order valence-corrected chi connectivity index (χ2v) is 10.5. The summed E-state index contributed by atoms with van der Waals surface area (Å²) in [6.45, 7) is 0. The van der Waals surface area contributed by atoms with Crippen LogP contribution in [0.25, 0.3) is 0 Å². The van der Waals surface area contributed by atoms with E-state index in [-0.39, 0.29) is 0 Å². The van der Waals surface area contributed by atoms with Gasteiger partial charge in [0.15, 0.2) is 0 Å². The highest BCUT2D eigenvalue weighted by atomic mass is 19.4. The third-order valence-corrected chi connectivity index (χ3v) is 7.57. The molecule has 0 aliphatic heterocycles. The van der Waals surface area contributed by atoms with Crippen LogP contribution in [0, 0.1) is 0 Å². The van der Waals surface area contributed by atoms with Gasteiger partial charge in [0.2, 0.25) is 0 Å². The Morgan fingerprint density at radius 1 is 0.245 bits per heavy atom. The number of halogens is 34. The molecule has 0 radical (unpaired) electrons. The number of ether oxygens (including phenoxy) is 1. The Labute approximate surface area is 262 Å². The molecule has 0 aromatic carbocycles. The molecule has 2 aliphatic carbocycles. The maximum Gasteiger partial charge on any atom is 0.460 e. The van der Waals surface area contributed by atoms with E-state index in [1.807, 2.05) is 0 Å². The maximum absolute atomic E-state index is 15.4. The van der Waals surface area contributed by atoms with Gasteiger partial charge in [-0.25, -0.2) is 17.6 Å². The van der Waals surface area contributed by atoms with E-state index in [1.165, 1.54) is 0 Å². The molecule has 2 fully saturated rings. The topological polar surface area (TPSA) is 9.23 Å². The third-order valence-electron chi connectivity index (χ3n) is 7.57. The number of hydrogen-bond donors (Lipinski definition) is 0. The second kappa shape index (κ2) is 10.3. The molecule has 0 saturated heterocycles. The Morgan fingerprint density at radius 3 is 0.604 bits per heavy atom. The molecule has 2 rings (SSSR count). The fraction of sp³-hybridized carbons (Fsp3) is 1.00. The van der Waals surface area contributed by atoms with Crippen LogP contribution in [0.4, 0.5) is 149 Å². The molecule has 2 saturated carbocycles. The van der Waals surface area contributed by atoms with Gasteiger partial charge in [-0.3, -0.25) is 4.74 Å². The van der Waals surface area contributed by atoms with Crippen molar-refractivity contribution in [3.63, 3.8) is 0 Å². The second-order valence-electron chi connectivity index (χ2n) is 10.5. The molecule has 4 atom stereocenters. The zero-order valence-electron chi connectivity index (χ0n) is 22.3. The first kappa shape index (κ1) is 46.7. The van der Waals surface area contributed by atoms with Crippen LogP contribution in [-0.4, -0.2) is 106 Å². The molecule has 1 nitrogen and oxygen atoms in total. The highest BCUT2D eigenvalue weighted by molar-refractivity contribution is 5.38. The molecule has 0 bridgehead atoms. The molecular formula is C18F34O. The highest BCUT2D eigenvalue weighted by Crippen LogP contribution is 2.80. The standard InChI is InChI=1S/C18F34O/c19-1(5(25,26)9(33,34)13(41,42)17(47,48)49)3(21,22)7(29,30)11(37,38)15(1,45)53-16(46)2(20,4(23,24)8(31,32)12(16,39)40)6(27,28)10(35,36)14(43,44)18(50,51)52. The summed E-state index contributed by atoms with van der Waals surface area (Å²) >= 11 is 0. The maximum atomic E-state index is 15.4. The number of rotatable bonds is 8. The molecule has 0 aromatic heterocycles. The van der Waals surface area contributed by atoms with Crippen molar-refractivity contribution in [2.45, 2.75) is 106 Å². The summed E-state index contributed by atoms with van der Waals surface area (Å²) in [5.74, 6) is -136. The molecule has 0 spiro atoms. The zero-order chi connectivity index (χ0) is 43.7. The number of hydrogen-bond acceptors (Lipinski definition) is 1. The first-order chi connectivity index (χ1) is 22.2. The highest BCUT2D eigenvalue weighted by Gasteiger charge is 3.13. The van der Waals surface area contributed by atoms with E-state index in [0.29, 0.717) is 0 Å². The monoisotopic (exact) mass is 878 g/mol. The third kappa shape index (κ3) is 4.09. The molecule has 4 unspecified atom stereocenters. The molecule has 0 aromatic rings. The van der Waals surface area contributed by atoms with Gasteiger partial charge in [-0.15, -0.1) is 0 Å². The summed E-state index contributed by atoms with van der Waals surface area (Å²) in [6.07, 6.45) is -17.3. The van der Waals surface area contributed by atoms with Crippen LogP contribution in [0.2, 0.25) is 0 Å². The van der Waals surface area contributed by atoms with Crippen molar-refractivity contribution >= 4 is 0 Å². The Hall–Kier alpha value is -2.42. The van der Waals surface area contributed by atoms with E-state index in [9.17, 15) is 132 Å². The first-order valence-corrected chi connectivity index (χ1v) is 11.3. The van der Waals surface area contributed by atoms with Crippen molar-refractivity contribution in [2.24, 2.45) is 0 Å². The Morgan fingerprint density at radius 2 is 0.434 bits per heavy atom. The average Bonchev–Trinajstić information content (AvgIpc) is 3.02. The molecule has 35 heteroatoms. The molecule has 316 valence electrons. The van der Waals surface area contributed by atoms with Crippen LogP contribution in [0.5, 0.6) is 0 Å². The quantitative estimate of drug-likeness (QED) is 0.221. The molecule has 0 N–H and O–H groups in total. The fourth-order valence-corrected chi connectivity index (χ4v) is 4.51. The van der Waals surface area contributed by atoms with Gasteiger partial charge in [0.05, 0.1) is 0 Å². The van der Waals surface area contributed by atoms with Gasteiger partial charge in [0, 0.05) is 0 Å². The van der Waals surface area contributed by atoms with Gasteiger partial charge in [0.25, 0.3) is 0 Å². The first-order valence-electron chi connectivity index (χ1n) is 11.3. The Balaban J connectivity index is 3.40. The largest absolute Gasteiger partial charge is 0.460 e. The summed E-state index contributed by atoms with van der Waals surface area (Å²) in [4.78, 5) is 0. The lowest BCUT2D eigenvalue weighted by Gasteiger charge is -2.49. The molecule has 2 aliphatic rings. The van der Waals surface area contributed by atoms with Crippen molar-refractivity contribution < 1.29 is 154 Å². The minimum absolute atomic E-state index is 0.729. The average molecular weight is 878 g/mol. The smallest absolute Gasteiger partial charge is 0.292 e. The zero-order valence-corrected chi connectivity index (χ0v) is 22.3. The molecule has 0 amide bonds. The van der Waals surface area contributed by atoms with Crippen LogP contribution in [0.3, 0.4) is 0 Å². The van der Waals surface area contributed by atoms with Gasteiger partial charge in [-0.2, -0.15) is 132 Å². The summed E-state index contributed by atoms with van der Waals surface area (Å²) in [5.41, 5.74) is -20.6. The van der Waals surface area contributed by atoms with Crippen molar-refractivity contribution in [2.75, 3.05) is 0 Å². The van der Waals surface area contributed by atoms with Crippen molar-refractivity contribution in [1.82, 2.24) is 0 Å². The minimum atomic E-state index is -10.3.